The van der Waals surface area contributed by atoms with Crippen molar-refractivity contribution >= 4 is 11.4 Å². The Balaban J connectivity index is 2.28. The molecular formula is C14H18O3S. The zero-order valence-electron chi connectivity index (χ0n) is 11.1. The second-order valence-corrected chi connectivity index (χ2v) is 6.98. The zero-order chi connectivity index (χ0) is 13.2. The summed E-state index contributed by atoms with van der Waals surface area (Å²) in [5.74, 6) is 0. The summed E-state index contributed by atoms with van der Waals surface area (Å²) in [5, 5.41) is 0. The van der Waals surface area contributed by atoms with Gasteiger partial charge in [-0.25, -0.2) is 0 Å². The van der Waals surface area contributed by atoms with Crippen molar-refractivity contribution < 1.29 is 12.6 Å². The predicted molar refractivity (Wildman–Crippen MR) is 70.4 cm³/mol. The molecule has 1 aromatic carbocycles. The molecule has 0 amide bonds. The number of hydrogen-bond donors (Lipinski definition) is 0. The first-order valence-corrected chi connectivity index (χ1v) is 7.17. The van der Waals surface area contributed by atoms with Gasteiger partial charge >= 0.3 is 11.4 Å². The summed E-state index contributed by atoms with van der Waals surface area (Å²) in [6.45, 7) is 8.95. The molecule has 1 unspecified atom stereocenters. The minimum atomic E-state index is -1.63. The topological polar surface area (TPSA) is 35.5 Å². The first-order valence-electron chi connectivity index (χ1n) is 6.17. The van der Waals surface area contributed by atoms with Gasteiger partial charge in [0.25, 0.3) is 0 Å². The Hall–Kier alpha value is -0.710. The van der Waals surface area contributed by atoms with Gasteiger partial charge in [-0.3, -0.25) is 8.37 Å². The molecule has 1 spiro atoms. The van der Waals surface area contributed by atoms with E-state index < -0.39 is 17.0 Å². The Morgan fingerprint density at radius 3 is 1.94 bits per heavy atom. The van der Waals surface area contributed by atoms with Gasteiger partial charge in [0.1, 0.15) is 5.60 Å². The van der Waals surface area contributed by atoms with Crippen molar-refractivity contribution in [3.05, 3.63) is 35.4 Å². The molecule has 1 fully saturated rings. The molecule has 1 atom stereocenters. The molecular weight excluding hydrogens is 248 g/mol. The quantitative estimate of drug-likeness (QED) is 0.724. The smallest absolute Gasteiger partial charge is 0.265 e. The largest absolute Gasteiger partial charge is 0.305 e. The molecule has 1 heterocycles. The SMILES string of the molecule is CC1(C)c2ccccc2C(C)(C)C12COS(=O)O2. The van der Waals surface area contributed by atoms with Gasteiger partial charge in [0.2, 0.25) is 0 Å². The van der Waals surface area contributed by atoms with Crippen molar-refractivity contribution in [1.82, 2.24) is 0 Å². The Morgan fingerprint density at radius 2 is 1.56 bits per heavy atom. The fraction of sp³-hybridized carbons (Fsp3) is 0.571. The van der Waals surface area contributed by atoms with E-state index in [-0.39, 0.29) is 10.8 Å². The van der Waals surface area contributed by atoms with Crippen LogP contribution in [0.25, 0.3) is 0 Å². The fourth-order valence-corrected chi connectivity index (χ4v) is 4.66. The molecule has 0 radical (unpaired) electrons. The van der Waals surface area contributed by atoms with Crippen LogP contribution < -0.4 is 0 Å². The van der Waals surface area contributed by atoms with E-state index in [2.05, 4.69) is 39.8 Å². The van der Waals surface area contributed by atoms with E-state index in [9.17, 15) is 4.21 Å². The van der Waals surface area contributed by atoms with Crippen LogP contribution in [-0.4, -0.2) is 16.4 Å². The van der Waals surface area contributed by atoms with Crippen molar-refractivity contribution in [1.29, 1.82) is 0 Å². The van der Waals surface area contributed by atoms with E-state index in [4.69, 9.17) is 8.37 Å². The average molecular weight is 266 g/mol. The fourth-order valence-electron chi connectivity index (χ4n) is 3.65. The summed E-state index contributed by atoms with van der Waals surface area (Å²) in [6, 6.07) is 8.36. The van der Waals surface area contributed by atoms with Crippen molar-refractivity contribution in [3.8, 4) is 0 Å². The molecule has 0 bridgehead atoms. The third kappa shape index (κ3) is 1.19. The lowest BCUT2D eigenvalue weighted by Gasteiger charge is -2.43. The minimum Gasteiger partial charge on any atom is -0.265 e. The Labute approximate surface area is 110 Å². The molecule has 0 saturated carbocycles. The maximum atomic E-state index is 11.6. The van der Waals surface area contributed by atoms with Crippen LogP contribution in [0.3, 0.4) is 0 Å². The van der Waals surface area contributed by atoms with E-state index in [1.807, 2.05) is 12.1 Å². The van der Waals surface area contributed by atoms with Gasteiger partial charge in [0.15, 0.2) is 0 Å². The van der Waals surface area contributed by atoms with E-state index in [0.29, 0.717) is 6.61 Å². The molecule has 3 rings (SSSR count). The molecule has 0 aromatic heterocycles. The summed E-state index contributed by atoms with van der Waals surface area (Å²) in [6.07, 6.45) is 0. The van der Waals surface area contributed by atoms with Crippen LogP contribution in [-0.2, 0) is 30.6 Å². The minimum absolute atomic E-state index is 0.223. The third-order valence-corrected chi connectivity index (χ3v) is 5.59. The molecule has 4 heteroatoms. The van der Waals surface area contributed by atoms with Crippen molar-refractivity contribution in [2.45, 2.75) is 44.1 Å². The lowest BCUT2D eigenvalue weighted by Crippen LogP contribution is -2.56. The maximum Gasteiger partial charge on any atom is 0.305 e. The van der Waals surface area contributed by atoms with Gasteiger partial charge in [0, 0.05) is 10.8 Å². The van der Waals surface area contributed by atoms with Crippen LogP contribution in [0, 0.1) is 0 Å². The Morgan fingerprint density at radius 1 is 1.06 bits per heavy atom. The standard InChI is InChI=1S/C14H18O3S/c1-12(2)10-7-5-6-8-11(10)13(3,4)14(12)9-16-18(15)17-14/h5-8H,9H2,1-4H3. The number of fused-ring (bicyclic) bond motifs is 1. The van der Waals surface area contributed by atoms with E-state index in [0.717, 1.165) is 0 Å². The molecule has 0 N–H and O–H groups in total. The van der Waals surface area contributed by atoms with E-state index in [1.165, 1.54) is 11.1 Å². The molecule has 3 nitrogen and oxygen atoms in total. The van der Waals surface area contributed by atoms with Crippen LogP contribution in [0.15, 0.2) is 24.3 Å². The van der Waals surface area contributed by atoms with Gasteiger partial charge in [0.05, 0.1) is 6.61 Å². The summed E-state index contributed by atoms with van der Waals surface area (Å²) in [4.78, 5) is 0. The average Bonchev–Trinajstić information content (AvgIpc) is 2.77. The van der Waals surface area contributed by atoms with Crippen LogP contribution in [0.1, 0.15) is 38.8 Å². The lowest BCUT2D eigenvalue weighted by molar-refractivity contribution is -0.0214. The highest BCUT2D eigenvalue weighted by Crippen LogP contribution is 2.60. The first kappa shape index (κ1) is 12.3. The maximum absolute atomic E-state index is 11.6. The zero-order valence-corrected chi connectivity index (χ0v) is 12.0. The summed E-state index contributed by atoms with van der Waals surface area (Å²) in [7, 11) is 0. The highest BCUT2D eigenvalue weighted by atomic mass is 32.2. The highest BCUT2D eigenvalue weighted by Gasteiger charge is 2.67. The predicted octanol–water partition coefficient (Wildman–Crippen LogP) is 2.62. The van der Waals surface area contributed by atoms with Crippen LogP contribution in [0.5, 0.6) is 0 Å². The molecule has 2 aliphatic rings. The number of benzene rings is 1. The van der Waals surface area contributed by atoms with Crippen molar-refractivity contribution in [3.63, 3.8) is 0 Å². The summed E-state index contributed by atoms with van der Waals surface area (Å²) >= 11 is -1.63. The van der Waals surface area contributed by atoms with Crippen molar-refractivity contribution in [2.24, 2.45) is 0 Å². The van der Waals surface area contributed by atoms with Gasteiger partial charge in [-0.2, -0.15) is 4.21 Å². The Kier molecular flexibility index (Phi) is 2.35. The van der Waals surface area contributed by atoms with E-state index >= 15 is 0 Å². The Bertz CT molecular complexity index is 499. The second-order valence-electron chi connectivity index (χ2n) is 6.17. The first-order chi connectivity index (χ1) is 8.33. The highest BCUT2D eigenvalue weighted by molar-refractivity contribution is 7.75. The van der Waals surface area contributed by atoms with Gasteiger partial charge in [-0.05, 0) is 11.1 Å². The summed E-state index contributed by atoms with van der Waals surface area (Å²) < 4.78 is 22.6. The molecule has 18 heavy (non-hydrogen) atoms. The molecule has 1 aliphatic heterocycles. The second kappa shape index (κ2) is 3.44. The van der Waals surface area contributed by atoms with Crippen LogP contribution >= 0.6 is 0 Å². The monoisotopic (exact) mass is 266 g/mol. The van der Waals surface area contributed by atoms with Crippen LogP contribution in [0.4, 0.5) is 0 Å². The lowest BCUT2D eigenvalue weighted by atomic mass is 9.66. The van der Waals surface area contributed by atoms with E-state index in [1.54, 1.807) is 0 Å². The molecule has 1 aromatic rings. The van der Waals surface area contributed by atoms with Crippen LogP contribution in [0.2, 0.25) is 0 Å². The summed E-state index contributed by atoms with van der Waals surface area (Å²) in [5.41, 5.74) is 1.52. The normalized spacial score (nSPS) is 30.6. The van der Waals surface area contributed by atoms with Gasteiger partial charge in [-0.1, -0.05) is 52.0 Å². The van der Waals surface area contributed by atoms with Gasteiger partial charge < -0.3 is 0 Å². The van der Waals surface area contributed by atoms with Gasteiger partial charge in [-0.15, -0.1) is 0 Å². The molecule has 1 aliphatic carbocycles. The molecule has 98 valence electrons. The van der Waals surface area contributed by atoms with Crippen molar-refractivity contribution in [2.75, 3.05) is 6.61 Å². The number of hydrogen-bond acceptors (Lipinski definition) is 3. The number of rotatable bonds is 0. The molecule has 1 saturated heterocycles. The third-order valence-electron chi connectivity index (χ3n) is 4.86.